The first-order valence-electron chi connectivity index (χ1n) is 5.44. The second-order valence-corrected chi connectivity index (χ2v) is 4.62. The van der Waals surface area contributed by atoms with Crippen LogP contribution in [0.3, 0.4) is 0 Å². The van der Waals surface area contributed by atoms with E-state index < -0.39 is 11.9 Å². The van der Waals surface area contributed by atoms with Crippen LogP contribution in [0.2, 0.25) is 0 Å². The lowest BCUT2D eigenvalue weighted by atomic mass is 10.0. The third-order valence-electron chi connectivity index (χ3n) is 2.40. The Hall–Kier alpha value is -1.07. The molecule has 0 amide bonds. The van der Waals surface area contributed by atoms with E-state index in [2.05, 4.69) is 15.9 Å². The molecule has 0 bridgehead atoms. The first-order valence-corrected chi connectivity index (χ1v) is 6.24. The summed E-state index contributed by atoms with van der Waals surface area (Å²) in [5, 5.41) is 8.93. The smallest absolute Gasteiger partial charge is 0.306 e. The number of nitrogens with two attached hydrogens (primary N) is 1. The van der Waals surface area contributed by atoms with Gasteiger partial charge in [0.2, 0.25) is 0 Å². The van der Waals surface area contributed by atoms with Crippen molar-refractivity contribution < 1.29 is 14.6 Å². The van der Waals surface area contributed by atoms with Gasteiger partial charge < -0.3 is 15.6 Å². The van der Waals surface area contributed by atoms with Crippen LogP contribution in [0.15, 0.2) is 28.7 Å². The highest BCUT2D eigenvalue weighted by Crippen LogP contribution is 2.18. The zero-order chi connectivity index (χ0) is 12.7. The lowest BCUT2D eigenvalue weighted by Crippen LogP contribution is -2.20. The number of benzene rings is 1. The molecule has 0 aromatic heterocycles. The van der Waals surface area contributed by atoms with Crippen LogP contribution in [0, 0.1) is 5.92 Å². The predicted molar refractivity (Wildman–Crippen MR) is 69.1 cm³/mol. The van der Waals surface area contributed by atoms with Crippen LogP contribution in [-0.2, 0) is 4.79 Å². The molecule has 1 atom stereocenters. The third-order valence-corrected chi connectivity index (χ3v) is 2.89. The maximum absolute atomic E-state index is 10.9. The molecule has 0 aliphatic rings. The zero-order valence-corrected chi connectivity index (χ0v) is 11.0. The Labute approximate surface area is 109 Å². The Morgan fingerprint density at radius 3 is 2.82 bits per heavy atom. The van der Waals surface area contributed by atoms with Crippen molar-refractivity contribution in [3.8, 4) is 5.75 Å². The summed E-state index contributed by atoms with van der Waals surface area (Å²) in [4.78, 5) is 10.9. The first-order chi connectivity index (χ1) is 8.13. The van der Waals surface area contributed by atoms with E-state index in [1.807, 2.05) is 24.3 Å². The molecule has 1 aromatic carbocycles. The molecule has 0 saturated heterocycles. The fourth-order valence-corrected chi connectivity index (χ4v) is 1.85. The van der Waals surface area contributed by atoms with Crippen molar-refractivity contribution in [3.63, 3.8) is 0 Å². The van der Waals surface area contributed by atoms with Crippen LogP contribution in [-0.4, -0.2) is 24.2 Å². The summed E-state index contributed by atoms with van der Waals surface area (Å²) < 4.78 is 6.42. The number of hydrogen-bond donors (Lipinski definition) is 2. The van der Waals surface area contributed by atoms with E-state index in [1.165, 1.54) is 0 Å². The average Bonchev–Trinajstić information content (AvgIpc) is 2.28. The summed E-state index contributed by atoms with van der Waals surface area (Å²) in [6, 6.07) is 7.46. The summed E-state index contributed by atoms with van der Waals surface area (Å²) >= 11 is 3.34. The minimum absolute atomic E-state index is 0.382. The molecule has 1 aromatic rings. The van der Waals surface area contributed by atoms with E-state index in [0.29, 0.717) is 26.0 Å². The van der Waals surface area contributed by atoms with Crippen molar-refractivity contribution in [1.29, 1.82) is 0 Å². The molecule has 0 fully saturated rings. The first kappa shape index (κ1) is 14.0. The number of carboxylic acids is 1. The molecule has 4 nitrogen and oxygen atoms in total. The minimum atomic E-state index is -0.812. The van der Waals surface area contributed by atoms with E-state index >= 15 is 0 Å². The Balaban J connectivity index is 2.38. The van der Waals surface area contributed by atoms with Gasteiger partial charge in [0.1, 0.15) is 5.75 Å². The molecule has 0 aliphatic heterocycles. The predicted octanol–water partition coefficient (Wildman–Crippen LogP) is 2.27. The molecule has 94 valence electrons. The molecule has 0 aliphatic carbocycles. The van der Waals surface area contributed by atoms with Crippen LogP contribution in [0.1, 0.15) is 12.8 Å². The van der Waals surface area contributed by atoms with Gasteiger partial charge in [0.05, 0.1) is 12.5 Å². The number of carboxylic acid groups (broad SMARTS) is 1. The number of aliphatic carboxylic acids is 1. The van der Waals surface area contributed by atoms with Gasteiger partial charge in [-0.15, -0.1) is 0 Å². The number of halogens is 1. The van der Waals surface area contributed by atoms with Crippen molar-refractivity contribution in [2.45, 2.75) is 12.8 Å². The molecule has 0 saturated carbocycles. The lowest BCUT2D eigenvalue weighted by Gasteiger charge is -2.12. The monoisotopic (exact) mass is 301 g/mol. The van der Waals surface area contributed by atoms with Gasteiger partial charge in [-0.2, -0.15) is 0 Å². The molecule has 1 unspecified atom stereocenters. The van der Waals surface area contributed by atoms with Gasteiger partial charge in [0.15, 0.2) is 0 Å². The molecule has 0 radical (unpaired) electrons. The van der Waals surface area contributed by atoms with Crippen LogP contribution < -0.4 is 10.5 Å². The van der Waals surface area contributed by atoms with Crippen molar-refractivity contribution in [2.75, 3.05) is 13.2 Å². The maximum Gasteiger partial charge on any atom is 0.306 e. The Kier molecular flexibility index (Phi) is 6.00. The second-order valence-electron chi connectivity index (χ2n) is 3.71. The van der Waals surface area contributed by atoms with Crippen LogP contribution >= 0.6 is 15.9 Å². The van der Waals surface area contributed by atoms with Crippen molar-refractivity contribution >= 4 is 21.9 Å². The summed E-state index contributed by atoms with van der Waals surface area (Å²) in [6.07, 6.45) is 0.955. The van der Waals surface area contributed by atoms with Crippen LogP contribution in [0.5, 0.6) is 5.75 Å². The Bertz CT molecular complexity index is 371. The summed E-state index contributed by atoms with van der Waals surface area (Å²) in [7, 11) is 0. The van der Waals surface area contributed by atoms with Gasteiger partial charge in [0, 0.05) is 4.47 Å². The van der Waals surface area contributed by atoms with Gasteiger partial charge in [-0.25, -0.2) is 0 Å². The molecule has 5 heteroatoms. The highest BCUT2D eigenvalue weighted by molar-refractivity contribution is 9.10. The van der Waals surface area contributed by atoms with Gasteiger partial charge in [0.25, 0.3) is 0 Å². The molecule has 3 N–H and O–H groups in total. The van der Waals surface area contributed by atoms with E-state index in [0.717, 1.165) is 10.2 Å². The number of ether oxygens (including phenoxy) is 1. The second kappa shape index (κ2) is 7.29. The van der Waals surface area contributed by atoms with Crippen molar-refractivity contribution in [3.05, 3.63) is 28.7 Å². The van der Waals surface area contributed by atoms with E-state index in [1.54, 1.807) is 0 Å². The number of hydrogen-bond acceptors (Lipinski definition) is 3. The van der Waals surface area contributed by atoms with Crippen LogP contribution in [0.4, 0.5) is 0 Å². The molecule has 0 spiro atoms. The summed E-state index contributed by atoms with van der Waals surface area (Å²) in [6.45, 7) is 0.765. The summed E-state index contributed by atoms with van der Waals surface area (Å²) in [5.74, 6) is -0.503. The van der Waals surface area contributed by atoms with Crippen LogP contribution in [0.25, 0.3) is 0 Å². The molecular formula is C12H16BrNO3. The fourth-order valence-electron chi connectivity index (χ4n) is 1.47. The highest BCUT2D eigenvalue weighted by Gasteiger charge is 2.16. The maximum atomic E-state index is 10.9. The topological polar surface area (TPSA) is 72.5 Å². The quantitative estimate of drug-likeness (QED) is 0.810. The van der Waals surface area contributed by atoms with Gasteiger partial charge in [-0.3, -0.25) is 4.79 Å². The number of carbonyl (C=O) groups is 1. The van der Waals surface area contributed by atoms with Crippen molar-refractivity contribution in [1.82, 2.24) is 0 Å². The molecule has 17 heavy (non-hydrogen) atoms. The van der Waals surface area contributed by atoms with E-state index in [-0.39, 0.29) is 0 Å². The normalized spacial score (nSPS) is 12.1. The summed E-state index contributed by atoms with van der Waals surface area (Å²) in [5.41, 5.74) is 5.36. The highest BCUT2D eigenvalue weighted by atomic mass is 79.9. The lowest BCUT2D eigenvalue weighted by molar-refractivity contribution is -0.142. The SMILES string of the molecule is NCCC(CCOc1cccc(Br)c1)C(=O)O. The molecule has 0 heterocycles. The third kappa shape index (κ3) is 5.19. The molecule has 1 rings (SSSR count). The Morgan fingerprint density at radius 1 is 1.47 bits per heavy atom. The Morgan fingerprint density at radius 2 is 2.24 bits per heavy atom. The minimum Gasteiger partial charge on any atom is -0.494 e. The van der Waals surface area contributed by atoms with E-state index in [4.69, 9.17) is 15.6 Å². The van der Waals surface area contributed by atoms with Gasteiger partial charge in [-0.05, 0) is 37.6 Å². The largest absolute Gasteiger partial charge is 0.494 e. The van der Waals surface area contributed by atoms with E-state index in [9.17, 15) is 4.79 Å². The zero-order valence-electron chi connectivity index (χ0n) is 9.43. The van der Waals surface area contributed by atoms with Gasteiger partial charge in [-0.1, -0.05) is 22.0 Å². The van der Waals surface area contributed by atoms with Gasteiger partial charge >= 0.3 is 5.97 Å². The van der Waals surface area contributed by atoms with Crippen molar-refractivity contribution in [2.24, 2.45) is 11.7 Å². The molecular weight excluding hydrogens is 286 g/mol. The fraction of sp³-hybridized carbons (Fsp3) is 0.417. The average molecular weight is 302 g/mol. The number of rotatable bonds is 7. The standard InChI is InChI=1S/C12H16BrNO3/c13-10-2-1-3-11(8-10)17-7-5-9(4-6-14)12(15)16/h1-3,8-9H,4-7,14H2,(H,15,16).